The van der Waals surface area contributed by atoms with Gasteiger partial charge in [0.05, 0.1) is 16.9 Å². The fraction of sp³-hybridized carbons (Fsp3) is 0.364. The number of hydrogen-bond donors (Lipinski definition) is 1. The number of aryl methyl sites for hydroxylation is 2. The smallest absolute Gasteiger partial charge is 0.220 e. The number of aromatic nitrogens is 2. The van der Waals surface area contributed by atoms with Gasteiger partial charge < -0.3 is 5.32 Å². The van der Waals surface area contributed by atoms with Gasteiger partial charge in [-0.15, -0.1) is 6.58 Å². The number of amides is 1. The maximum Gasteiger partial charge on any atom is 0.220 e. The molecule has 6 nitrogen and oxygen atoms in total. The van der Waals surface area contributed by atoms with Crippen molar-refractivity contribution in [2.75, 3.05) is 6.54 Å². The number of rotatable bonds is 7. The van der Waals surface area contributed by atoms with Gasteiger partial charge in [-0.2, -0.15) is 5.10 Å². The number of carbonyl (C=O) groups excluding carboxylic acids is 3. The van der Waals surface area contributed by atoms with E-state index in [4.69, 9.17) is 11.6 Å². The minimum Gasteiger partial charge on any atom is -0.356 e. The lowest BCUT2D eigenvalue weighted by Gasteiger charge is -2.17. The van der Waals surface area contributed by atoms with Crippen LogP contribution in [0.15, 0.2) is 37.2 Å². The van der Waals surface area contributed by atoms with Crippen LogP contribution >= 0.6 is 11.6 Å². The number of nitrogens with zero attached hydrogens (tertiary/aromatic N) is 2. The van der Waals surface area contributed by atoms with Crippen molar-refractivity contribution in [2.45, 2.75) is 39.0 Å². The normalized spacial score (nSPS) is 18.9. The van der Waals surface area contributed by atoms with Crippen LogP contribution in [0.5, 0.6) is 0 Å². The number of carbonyl (C=O) groups is 3. The number of nitrogens with one attached hydrogen (secondary N) is 1. The predicted molar refractivity (Wildman–Crippen MR) is 111 cm³/mol. The highest BCUT2D eigenvalue weighted by Crippen LogP contribution is 2.37. The predicted octanol–water partition coefficient (Wildman–Crippen LogP) is 3.47. The summed E-state index contributed by atoms with van der Waals surface area (Å²) in [7, 11) is 0. The molecule has 2 unspecified atom stereocenters. The maximum absolute atomic E-state index is 13.0. The van der Waals surface area contributed by atoms with Crippen LogP contribution in [0.3, 0.4) is 0 Å². The molecule has 1 aromatic heterocycles. The Bertz CT molecular complexity index is 956. The average molecular weight is 414 g/mol. The molecule has 2 atom stereocenters. The average Bonchev–Trinajstić information content (AvgIpc) is 3.20. The molecule has 1 fully saturated rings. The first-order valence-corrected chi connectivity index (χ1v) is 9.95. The van der Waals surface area contributed by atoms with Crippen molar-refractivity contribution < 1.29 is 14.4 Å². The van der Waals surface area contributed by atoms with E-state index in [2.05, 4.69) is 17.0 Å². The molecule has 3 rings (SSSR count). The van der Waals surface area contributed by atoms with Gasteiger partial charge in [0.25, 0.3) is 0 Å². The van der Waals surface area contributed by atoms with Gasteiger partial charge >= 0.3 is 0 Å². The third-order valence-electron chi connectivity index (χ3n) is 5.24. The zero-order chi connectivity index (χ0) is 21.1. The van der Waals surface area contributed by atoms with Crippen molar-refractivity contribution in [2.24, 2.45) is 5.92 Å². The first kappa shape index (κ1) is 21.0. The van der Waals surface area contributed by atoms with Crippen LogP contribution in [0.2, 0.25) is 5.02 Å². The Morgan fingerprint density at radius 2 is 2.03 bits per heavy atom. The first-order valence-electron chi connectivity index (χ1n) is 9.57. The Balaban J connectivity index is 1.81. The van der Waals surface area contributed by atoms with Crippen LogP contribution in [-0.4, -0.2) is 33.8 Å². The summed E-state index contributed by atoms with van der Waals surface area (Å²) in [5, 5.41) is 7.49. The summed E-state index contributed by atoms with van der Waals surface area (Å²) in [5.74, 6) is -1.89. The van der Waals surface area contributed by atoms with Crippen LogP contribution in [-0.2, 0) is 14.4 Å². The summed E-state index contributed by atoms with van der Waals surface area (Å²) < 4.78 is 1.65. The van der Waals surface area contributed by atoms with Crippen molar-refractivity contribution in [3.63, 3.8) is 0 Å². The second-order valence-corrected chi connectivity index (χ2v) is 7.87. The second-order valence-electron chi connectivity index (χ2n) is 7.43. The number of Topliss-reactive ketones (excluding diaryl/α,β-unsaturated/α-hetero) is 2. The minimum atomic E-state index is -0.809. The summed E-state index contributed by atoms with van der Waals surface area (Å²) in [4.78, 5) is 37.8. The Labute approximate surface area is 174 Å². The van der Waals surface area contributed by atoms with Gasteiger partial charge in [-0.25, -0.2) is 4.68 Å². The van der Waals surface area contributed by atoms with E-state index in [0.29, 0.717) is 18.0 Å². The Hall–Kier alpha value is -2.73. The van der Waals surface area contributed by atoms with Gasteiger partial charge in [-0.1, -0.05) is 17.7 Å². The van der Waals surface area contributed by atoms with Crippen molar-refractivity contribution in [1.82, 2.24) is 15.1 Å². The van der Waals surface area contributed by atoms with E-state index in [9.17, 15) is 14.4 Å². The molecule has 1 amide bonds. The van der Waals surface area contributed by atoms with E-state index < -0.39 is 11.8 Å². The molecule has 152 valence electrons. The molecule has 7 heteroatoms. The molecule has 1 aliphatic carbocycles. The molecule has 0 bridgehead atoms. The molecule has 0 spiro atoms. The van der Waals surface area contributed by atoms with Gasteiger partial charge in [0, 0.05) is 31.5 Å². The lowest BCUT2D eigenvalue weighted by atomic mass is 9.87. The van der Waals surface area contributed by atoms with Crippen LogP contribution in [0.1, 0.15) is 41.9 Å². The molecule has 1 aliphatic rings. The van der Waals surface area contributed by atoms with E-state index in [0.717, 1.165) is 22.4 Å². The zero-order valence-electron chi connectivity index (χ0n) is 16.6. The topological polar surface area (TPSA) is 81.1 Å². The highest BCUT2D eigenvalue weighted by molar-refractivity contribution is 6.30. The lowest BCUT2D eigenvalue weighted by Crippen LogP contribution is -2.28. The number of halogens is 1. The largest absolute Gasteiger partial charge is 0.356 e. The van der Waals surface area contributed by atoms with Crippen LogP contribution in [0, 0.1) is 19.8 Å². The van der Waals surface area contributed by atoms with E-state index in [1.165, 1.54) is 0 Å². The van der Waals surface area contributed by atoms with E-state index in [-0.39, 0.29) is 30.3 Å². The third-order valence-corrected chi connectivity index (χ3v) is 5.44. The van der Waals surface area contributed by atoms with Gasteiger partial charge in [0.2, 0.25) is 5.91 Å². The van der Waals surface area contributed by atoms with Crippen molar-refractivity contribution in [1.29, 1.82) is 0 Å². The van der Waals surface area contributed by atoms with Crippen molar-refractivity contribution >= 4 is 29.1 Å². The molecule has 1 saturated carbocycles. The lowest BCUT2D eigenvalue weighted by molar-refractivity contribution is -0.128. The monoisotopic (exact) mass is 413 g/mol. The van der Waals surface area contributed by atoms with Crippen LogP contribution in [0.4, 0.5) is 0 Å². The van der Waals surface area contributed by atoms with Gasteiger partial charge in [0.1, 0.15) is 11.7 Å². The van der Waals surface area contributed by atoms with Crippen LogP contribution < -0.4 is 5.32 Å². The Kier molecular flexibility index (Phi) is 6.33. The molecule has 2 aromatic rings. The fourth-order valence-electron chi connectivity index (χ4n) is 3.92. The van der Waals surface area contributed by atoms with E-state index in [1.54, 1.807) is 23.2 Å². The SMILES string of the molecule is C=CCCNC(=O)CC1CC(=O)C(c2c(C)cc(-n3cc(Cl)cn3)cc2C)C1=O. The summed E-state index contributed by atoms with van der Waals surface area (Å²) in [6.07, 6.45) is 5.77. The molecular weight excluding hydrogens is 390 g/mol. The first-order chi connectivity index (χ1) is 13.8. The molecule has 0 saturated heterocycles. The van der Waals surface area contributed by atoms with Gasteiger partial charge in [-0.05, 0) is 49.1 Å². The summed E-state index contributed by atoms with van der Waals surface area (Å²) >= 11 is 5.95. The maximum atomic E-state index is 13.0. The van der Waals surface area contributed by atoms with E-state index >= 15 is 0 Å². The summed E-state index contributed by atoms with van der Waals surface area (Å²) in [5.41, 5.74) is 3.23. The number of ketones is 2. The minimum absolute atomic E-state index is 0.0418. The molecule has 0 radical (unpaired) electrons. The highest BCUT2D eigenvalue weighted by Gasteiger charge is 2.43. The Morgan fingerprint density at radius 1 is 1.34 bits per heavy atom. The fourth-order valence-corrected chi connectivity index (χ4v) is 4.06. The zero-order valence-corrected chi connectivity index (χ0v) is 17.3. The molecule has 0 aliphatic heterocycles. The highest BCUT2D eigenvalue weighted by atomic mass is 35.5. The van der Waals surface area contributed by atoms with Gasteiger partial charge in [-0.3, -0.25) is 14.4 Å². The van der Waals surface area contributed by atoms with Crippen molar-refractivity contribution in [3.05, 3.63) is 58.9 Å². The second kappa shape index (κ2) is 8.74. The number of hydrogen-bond acceptors (Lipinski definition) is 4. The summed E-state index contributed by atoms with van der Waals surface area (Å²) in [6, 6.07) is 3.78. The molecule has 1 N–H and O–H groups in total. The van der Waals surface area contributed by atoms with Crippen molar-refractivity contribution in [3.8, 4) is 5.69 Å². The molecular formula is C22H24ClN3O3. The van der Waals surface area contributed by atoms with Crippen LogP contribution in [0.25, 0.3) is 5.69 Å². The standard InChI is InChI=1S/C22H24ClN3O3/c1-4-5-6-24-19(28)10-15-9-18(27)21(22(15)29)20-13(2)7-17(8-14(20)3)26-12-16(23)11-25-26/h4,7-8,11-12,15,21H,1,5-6,9-10H2,2-3H3,(H,24,28). The molecule has 1 heterocycles. The summed E-state index contributed by atoms with van der Waals surface area (Å²) in [6.45, 7) is 7.85. The van der Waals surface area contributed by atoms with E-state index in [1.807, 2.05) is 26.0 Å². The molecule has 1 aromatic carbocycles. The third kappa shape index (κ3) is 4.48. The van der Waals surface area contributed by atoms with Gasteiger partial charge in [0.15, 0.2) is 5.78 Å². The number of benzene rings is 1. The Morgan fingerprint density at radius 3 is 2.62 bits per heavy atom. The quantitative estimate of drug-likeness (QED) is 0.428. The molecule has 29 heavy (non-hydrogen) atoms.